The zero-order chi connectivity index (χ0) is 14.9. The molecule has 0 bridgehead atoms. The van der Waals surface area contributed by atoms with Crippen LogP contribution in [0, 0.1) is 0 Å². The number of carbonyl (C=O) groups is 1. The van der Waals surface area contributed by atoms with Crippen LogP contribution in [0.2, 0.25) is 0 Å². The van der Waals surface area contributed by atoms with Gasteiger partial charge in [0.2, 0.25) is 0 Å². The van der Waals surface area contributed by atoms with Gasteiger partial charge in [0.25, 0.3) is 0 Å². The fourth-order valence-electron chi connectivity index (χ4n) is 2.20. The van der Waals surface area contributed by atoms with Gasteiger partial charge in [0, 0.05) is 18.8 Å². The summed E-state index contributed by atoms with van der Waals surface area (Å²) in [7, 11) is 0. The Hall–Kier alpha value is -1.76. The zero-order valence-electron chi connectivity index (χ0n) is 10.5. The molecule has 2 N–H and O–H groups in total. The first-order valence-corrected chi connectivity index (χ1v) is 6.16. The second-order valence-electron chi connectivity index (χ2n) is 4.79. The summed E-state index contributed by atoms with van der Waals surface area (Å²) in [6, 6.07) is 2.81. The van der Waals surface area contributed by atoms with Crippen molar-refractivity contribution in [3.05, 3.63) is 29.3 Å². The van der Waals surface area contributed by atoms with Gasteiger partial charge in [-0.2, -0.15) is 13.2 Å². The van der Waals surface area contributed by atoms with Crippen molar-refractivity contribution in [3.8, 4) is 0 Å². The van der Waals surface area contributed by atoms with Crippen molar-refractivity contribution >= 4 is 11.7 Å². The van der Waals surface area contributed by atoms with Crippen LogP contribution in [0.15, 0.2) is 18.2 Å². The molecule has 0 aliphatic carbocycles. The average Bonchev–Trinajstić information content (AvgIpc) is 2.38. The Morgan fingerprint density at radius 1 is 1.20 bits per heavy atom. The number of aliphatic hydroxyl groups excluding tert-OH is 1. The maximum absolute atomic E-state index is 12.8. The SMILES string of the molecule is O=C(O)c1cc(N2CCC(O)CC2)cc(C(F)(F)F)c1. The standard InChI is InChI=1S/C13H14F3NO3/c14-13(15,16)9-5-8(12(19)20)6-10(7-9)17-3-1-11(18)2-4-17/h5-7,11,18H,1-4H2,(H,19,20). The molecule has 7 heteroatoms. The monoisotopic (exact) mass is 289 g/mol. The molecule has 1 heterocycles. The van der Waals surface area contributed by atoms with Crippen molar-refractivity contribution in [2.45, 2.75) is 25.1 Å². The maximum atomic E-state index is 12.8. The highest BCUT2D eigenvalue weighted by Crippen LogP contribution is 2.33. The van der Waals surface area contributed by atoms with Gasteiger partial charge in [-0.25, -0.2) is 4.79 Å². The number of aromatic carboxylic acids is 1. The first-order chi connectivity index (χ1) is 9.27. The van der Waals surface area contributed by atoms with Crippen LogP contribution >= 0.6 is 0 Å². The highest BCUT2D eigenvalue weighted by Gasteiger charge is 2.32. The summed E-state index contributed by atoms with van der Waals surface area (Å²) in [4.78, 5) is 12.6. The van der Waals surface area contributed by atoms with E-state index in [4.69, 9.17) is 5.11 Å². The molecule has 0 saturated carbocycles. The molecule has 1 aliphatic rings. The molecule has 110 valence electrons. The topological polar surface area (TPSA) is 60.8 Å². The second kappa shape index (κ2) is 5.32. The fraction of sp³-hybridized carbons (Fsp3) is 0.462. The van der Waals surface area contributed by atoms with Crippen LogP contribution in [0.1, 0.15) is 28.8 Å². The summed E-state index contributed by atoms with van der Waals surface area (Å²) < 4.78 is 38.4. The van der Waals surface area contributed by atoms with Crippen LogP contribution in [0.25, 0.3) is 0 Å². The molecule has 4 nitrogen and oxygen atoms in total. The number of alkyl halides is 3. The number of halogens is 3. The molecule has 1 saturated heterocycles. The highest BCUT2D eigenvalue weighted by atomic mass is 19.4. The van der Waals surface area contributed by atoms with Gasteiger partial charge in [-0.05, 0) is 31.0 Å². The van der Waals surface area contributed by atoms with Gasteiger partial charge < -0.3 is 15.1 Å². The van der Waals surface area contributed by atoms with E-state index < -0.39 is 23.8 Å². The number of aliphatic hydroxyl groups is 1. The van der Waals surface area contributed by atoms with E-state index in [9.17, 15) is 23.1 Å². The van der Waals surface area contributed by atoms with E-state index in [1.807, 2.05) is 0 Å². The number of carboxylic acids is 1. The molecule has 0 radical (unpaired) electrons. The predicted octanol–water partition coefficient (Wildman–Crippen LogP) is 2.36. The second-order valence-corrected chi connectivity index (χ2v) is 4.79. The van der Waals surface area contributed by atoms with E-state index in [-0.39, 0.29) is 11.3 Å². The third kappa shape index (κ3) is 3.22. The van der Waals surface area contributed by atoms with Crippen LogP contribution in [-0.4, -0.2) is 35.4 Å². The lowest BCUT2D eigenvalue weighted by atomic mass is 10.0. The summed E-state index contributed by atoms with van der Waals surface area (Å²) in [6.45, 7) is 0.809. The molecule has 1 fully saturated rings. The Bertz CT molecular complexity index is 508. The van der Waals surface area contributed by atoms with E-state index in [0.717, 1.165) is 6.07 Å². The van der Waals surface area contributed by atoms with E-state index in [1.54, 1.807) is 4.90 Å². The summed E-state index contributed by atoms with van der Waals surface area (Å²) in [5.41, 5.74) is -1.14. The lowest BCUT2D eigenvalue weighted by Gasteiger charge is -2.32. The zero-order valence-corrected chi connectivity index (χ0v) is 10.5. The number of hydrogen-bond donors (Lipinski definition) is 2. The van der Waals surface area contributed by atoms with Crippen LogP contribution in [0.3, 0.4) is 0 Å². The molecular formula is C13H14F3NO3. The minimum Gasteiger partial charge on any atom is -0.478 e. The van der Waals surface area contributed by atoms with Crippen molar-refractivity contribution in [2.24, 2.45) is 0 Å². The fourth-order valence-corrected chi connectivity index (χ4v) is 2.20. The summed E-state index contributed by atoms with van der Waals surface area (Å²) in [6.07, 6.45) is -4.12. The molecule has 2 rings (SSSR count). The Morgan fingerprint density at radius 3 is 2.30 bits per heavy atom. The average molecular weight is 289 g/mol. The first-order valence-electron chi connectivity index (χ1n) is 6.16. The van der Waals surface area contributed by atoms with Gasteiger partial charge in [-0.15, -0.1) is 0 Å². The molecule has 1 aromatic carbocycles. The lowest BCUT2D eigenvalue weighted by molar-refractivity contribution is -0.137. The van der Waals surface area contributed by atoms with Gasteiger partial charge in [0.15, 0.2) is 0 Å². The van der Waals surface area contributed by atoms with Gasteiger partial charge in [-0.3, -0.25) is 0 Å². The van der Waals surface area contributed by atoms with Crippen LogP contribution < -0.4 is 4.90 Å². The molecule has 0 unspecified atom stereocenters. The van der Waals surface area contributed by atoms with Crippen molar-refractivity contribution in [2.75, 3.05) is 18.0 Å². The third-order valence-electron chi connectivity index (χ3n) is 3.32. The maximum Gasteiger partial charge on any atom is 0.416 e. The van der Waals surface area contributed by atoms with Gasteiger partial charge in [0.1, 0.15) is 0 Å². The van der Waals surface area contributed by atoms with E-state index in [1.165, 1.54) is 6.07 Å². The Labute approximate surface area is 113 Å². The number of benzene rings is 1. The summed E-state index contributed by atoms with van der Waals surface area (Å²) in [5.74, 6) is -1.39. The molecule has 0 aromatic heterocycles. The molecule has 1 aromatic rings. The first kappa shape index (κ1) is 14.6. The third-order valence-corrected chi connectivity index (χ3v) is 3.32. The molecule has 1 aliphatic heterocycles. The minimum absolute atomic E-state index is 0.226. The smallest absolute Gasteiger partial charge is 0.416 e. The van der Waals surface area contributed by atoms with E-state index >= 15 is 0 Å². The van der Waals surface area contributed by atoms with Crippen molar-refractivity contribution in [3.63, 3.8) is 0 Å². The largest absolute Gasteiger partial charge is 0.478 e. The van der Waals surface area contributed by atoms with Crippen molar-refractivity contribution in [1.29, 1.82) is 0 Å². The molecule has 0 atom stereocenters. The number of anilines is 1. The minimum atomic E-state index is -4.59. The van der Waals surface area contributed by atoms with E-state index in [2.05, 4.69) is 0 Å². The number of piperidine rings is 1. The number of nitrogens with zero attached hydrogens (tertiary/aromatic N) is 1. The number of rotatable bonds is 2. The van der Waals surface area contributed by atoms with Gasteiger partial charge in [-0.1, -0.05) is 0 Å². The lowest BCUT2D eigenvalue weighted by Crippen LogP contribution is -2.36. The molecular weight excluding hydrogens is 275 g/mol. The summed E-state index contributed by atoms with van der Waals surface area (Å²) >= 11 is 0. The van der Waals surface area contributed by atoms with Crippen LogP contribution in [0.5, 0.6) is 0 Å². The molecule has 0 spiro atoms. The van der Waals surface area contributed by atoms with E-state index in [0.29, 0.717) is 32.0 Å². The quantitative estimate of drug-likeness (QED) is 0.877. The van der Waals surface area contributed by atoms with Crippen molar-refractivity contribution in [1.82, 2.24) is 0 Å². The normalized spacial score (nSPS) is 17.3. The predicted molar refractivity (Wildman–Crippen MR) is 65.9 cm³/mol. The van der Waals surface area contributed by atoms with Crippen LogP contribution in [-0.2, 0) is 6.18 Å². The van der Waals surface area contributed by atoms with Crippen molar-refractivity contribution < 1.29 is 28.2 Å². The molecule has 0 amide bonds. The molecule has 20 heavy (non-hydrogen) atoms. The Morgan fingerprint density at radius 2 is 1.80 bits per heavy atom. The van der Waals surface area contributed by atoms with Gasteiger partial charge in [0.05, 0.1) is 17.2 Å². The Kier molecular flexibility index (Phi) is 3.89. The highest BCUT2D eigenvalue weighted by molar-refractivity contribution is 5.89. The number of carboxylic acid groups (broad SMARTS) is 1. The van der Waals surface area contributed by atoms with Crippen LogP contribution in [0.4, 0.5) is 18.9 Å². The van der Waals surface area contributed by atoms with Gasteiger partial charge >= 0.3 is 12.1 Å². The Balaban J connectivity index is 2.37. The summed E-state index contributed by atoms with van der Waals surface area (Å²) in [5, 5.41) is 18.3. The number of hydrogen-bond acceptors (Lipinski definition) is 3.